The van der Waals surface area contributed by atoms with Gasteiger partial charge in [0, 0.05) is 13.0 Å². The van der Waals surface area contributed by atoms with Crippen LogP contribution < -0.4 is 18.9 Å². The highest BCUT2D eigenvalue weighted by Gasteiger charge is 2.25. The van der Waals surface area contributed by atoms with E-state index in [-0.39, 0.29) is 6.10 Å². The summed E-state index contributed by atoms with van der Waals surface area (Å²) in [4.78, 5) is 6.65. The summed E-state index contributed by atoms with van der Waals surface area (Å²) in [6, 6.07) is 11.8. The molecule has 0 radical (unpaired) electrons. The molecule has 30 heavy (non-hydrogen) atoms. The van der Waals surface area contributed by atoms with E-state index in [0.717, 1.165) is 18.7 Å². The lowest BCUT2D eigenvalue weighted by Crippen LogP contribution is -2.31. The lowest BCUT2D eigenvalue weighted by molar-refractivity contribution is 0.155. The van der Waals surface area contributed by atoms with E-state index in [1.54, 1.807) is 27.4 Å². The molecular formula is C22H25N3O5. The number of aromatic nitrogens is 2. The van der Waals surface area contributed by atoms with Crippen LogP contribution >= 0.6 is 0 Å². The molecule has 1 aliphatic rings. The minimum absolute atomic E-state index is 0.112. The molecule has 158 valence electrons. The monoisotopic (exact) mass is 411 g/mol. The Bertz CT molecular complexity index is 995. The quantitative estimate of drug-likeness (QED) is 0.559. The van der Waals surface area contributed by atoms with Crippen molar-refractivity contribution in [2.24, 2.45) is 0 Å². The Kier molecular flexibility index (Phi) is 5.76. The van der Waals surface area contributed by atoms with Crippen molar-refractivity contribution in [3.05, 3.63) is 47.9 Å². The second-order valence-electron chi connectivity index (χ2n) is 7.14. The molecule has 8 nitrogen and oxygen atoms in total. The zero-order valence-electron chi connectivity index (χ0n) is 17.5. The Morgan fingerprint density at radius 2 is 1.83 bits per heavy atom. The van der Waals surface area contributed by atoms with Crippen molar-refractivity contribution in [1.29, 1.82) is 0 Å². The number of hydrogen-bond donors (Lipinski definition) is 0. The van der Waals surface area contributed by atoms with Crippen LogP contribution in [0, 0.1) is 0 Å². The van der Waals surface area contributed by atoms with E-state index in [1.807, 2.05) is 31.3 Å². The van der Waals surface area contributed by atoms with Crippen LogP contribution in [0.2, 0.25) is 0 Å². The van der Waals surface area contributed by atoms with Crippen molar-refractivity contribution in [1.82, 2.24) is 15.0 Å². The molecule has 0 unspecified atom stereocenters. The van der Waals surface area contributed by atoms with Crippen LogP contribution in [0.4, 0.5) is 0 Å². The first-order chi connectivity index (χ1) is 14.6. The van der Waals surface area contributed by atoms with Crippen molar-refractivity contribution >= 4 is 0 Å². The first kappa shape index (κ1) is 20.0. The molecule has 0 aliphatic carbocycles. The van der Waals surface area contributed by atoms with E-state index in [2.05, 4.69) is 21.1 Å². The predicted molar refractivity (Wildman–Crippen MR) is 110 cm³/mol. The maximum absolute atomic E-state index is 6.02. The minimum atomic E-state index is 0.112. The SMILES string of the molecule is COc1ccc(-c2noc(CN(C)C[C@H]3Cc4ccccc4O3)n2)c(OC)c1OC. The van der Waals surface area contributed by atoms with Crippen LogP contribution in [0.25, 0.3) is 11.4 Å². The molecule has 8 heteroatoms. The summed E-state index contributed by atoms with van der Waals surface area (Å²) < 4.78 is 27.8. The molecule has 3 aromatic rings. The maximum atomic E-state index is 6.02. The predicted octanol–water partition coefficient (Wildman–Crippen LogP) is 3.20. The lowest BCUT2D eigenvalue weighted by atomic mass is 10.1. The minimum Gasteiger partial charge on any atom is -0.493 e. The van der Waals surface area contributed by atoms with Gasteiger partial charge in [0.1, 0.15) is 11.9 Å². The van der Waals surface area contributed by atoms with Gasteiger partial charge in [-0.1, -0.05) is 23.4 Å². The second-order valence-corrected chi connectivity index (χ2v) is 7.14. The number of hydrogen-bond acceptors (Lipinski definition) is 8. The van der Waals surface area contributed by atoms with E-state index in [4.69, 9.17) is 23.5 Å². The topological polar surface area (TPSA) is 79.1 Å². The van der Waals surface area contributed by atoms with E-state index >= 15 is 0 Å². The van der Waals surface area contributed by atoms with Crippen LogP contribution in [0.3, 0.4) is 0 Å². The summed E-state index contributed by atoms with van der Waals surface area (Å²) in [5.41, 5.74) is 1.92. The number of fused-ring (bicyclic) bond motifs is 1. The Morgan fingerprint density at radius 3 is 2.57 bits per heavy atom. The third-order valence-electron chi connectivity index (χ3n) is 5.05. The molecule has 1 aromatic heterocycles. The average molecular weight is 411 g/mol. The molecule has 0 bridgehead atoms. The lowest BCUT2D eigenvalue weighted by Gasteiger charge is -2.18. The highest BCUT2D eigenvalue weighted by molar-refractivity contribution is 5.72. The van der Waals surface area contributed by atoms with Crippen LogP contribution in [-0.2, 0) is 13.0 Å². The van der Waals surface area contributed by atoms with E-state index in [9.17, 15) is 0 Å². The number of rotatable bonds is 8. The van der Waals surface area contributed by atoms with Gasteiger partial charge in [-0.25, -0.2) is 0 Å². The van der Waals surface area contributed by atoms with Gasteiger partial charge in [0.05, 0.1) is 33.4 Å². The van der Waals surface area contributed by atoms with Gasteiger partial charge < -0.3 is 23.5 Å². The average Bonchev–Trinajstić information content (AvgIpc) is 3.38. The molecule has 0 spiro atoms. The molecule has 1 aliphatic heterocycles. The number of likely N-dealkylation sites (N-methyl/N-ethyl adjacent to an activating group) is 1. The highest BCUT2D eigenvalue weighted by Crippen LogP contribution is 2.43. The number of nitrogens with zero attached hydrogens (tertiary/aromatic N) is 3. The third kappa shape index (κ3) is 3.91. The number of para-hydroxylation sites is 1. The van der Waals surface area contributed by atoms with Crippen LogP contribution in [-0.4, -0.2) is 56.1 Å². The maximum Gasteiger partial charge on any atom is 0.241 e. The van der Waals surface area contributed by atoms with Gasteiger partial charge in [-0.3, -0.25) is 4.90 Å². The molecular weight excluding hydrogens is 386 g/mol. The summed E-state index contributed by atoms with van der Waals surface area (Å²) in [5.74, 6) is 3.46. The summed E-state index contributed by atoms with van der Waals surface area (Å²) in [5, 5.41) is 4.12. The molecule has 0 saturated carbocycles. The van der Waals surface area contributed by atoms with Gasteiger partial charge in [0.25, 0.3) is 0 Å². The molecule has 1 atom stereocenters. The highest BCUT2D eigenvalue weighted by atomic mass is 16.5. The van der Waals surface area contributed by atoms with Crippen molar-refractivity contribution < 1.29 is 23.5 Å². The van der Waals surface area contributed by atoms with E-state index in [1.165, 1.54) is 5.56 Å². The van der Waals surface area contributed by atoms with E-state index in [0.29, 0.717) is 41.1 Å². The molecule has 2 aromatic carbocycles. The smallest absolute Gasteiger partial charge is 0.241 e. The zero-order chi connectivity index (χ0) is 21.1. The number of methoxy groups -OCH3 is 3. The van der Waals surface area contributed by atoms with Gasteiger partial charge in [0.2, 0.25) is 17.5 Å². The first-order valence-corrected chi connectivity index (χ1v) is 9.68. The van der Waals surface area contributed by atoms with Crippen LogP contribution in [0.1, 0.15) is 11.5 Å². The fraction of sp³-hybridized carbons (Fsp3) is 0.364. The van der Waals surface area contributed by atoms with Gasteiger partial charge in [-0.15, -0.1) is 0 Å². The largest absolute Gasteiger partial charge is 0.493 e. The number of ether oxygens (including phenoxy) is 4. The summed E-state index contributed by atoms with van der Waals surface area (Å²) in [6.45, 7) is 1.27. The Labute approximate surface area is 175 Å². The summed E-state index contributed by atoms with van der Waals surface area (Å²) in [7, 11) is 6.71. The van der Waals surface area contributed by atoms with Crippen molar-refractivity contribution in [2.75, 3.05) is 34.9 Å². The third-order valence-corrected chi connectivity index (χ3v) is 5.05. The molecule has 0 amide bonds. The second kappa shape index (κ2) is 8.62. The Hall–Kier alpha value is -3.26. The zero-order valence-corrected chi connectivity index (χ0v) is 17.5. The molecule has 0 fully saturated rings. The molecule has 0 saturated heterocycles. The Morgan fingerprint density at radius 1 is 1.03 bits per heavy atom. The van der Waals surface area contributed by atoms with Crippen LogP contribution in [0.15, 0.2) is 40.9 Å². The van der Waals surface area contributed by atoms with Gasteiger partial charge >= 0.3 is 0 Å². The van der Waals surface area contributed by atoms with Crippen LogP contribution in [0.5, 0.6) is 23.0 Å². The summed E-state index contributed by atoms with van der Waals surface area (Å²) >= 11 is 0. The van der Waals surface area contributed by atoms with Crippen molar-refractivity contribution in [3.8, 4) is 34.4 Å². The molecule has 4 rings (SSSR count). The van der Waals surface area contributed by atoms with Crippen molar-refractivity contribution in [2.45, 2.75) is 19.1 Å². The normalized spacial score (nSPS) is 15.0. The first-order valence-electron chi connectivity index (χ1n) is 9.68. The Balaban J connectivity index is 1.45. The van der Waals surface area contributed by atoms with Gasteiger partial charge in [-0.05, 0) is 30.8 Å². The fourth-order valence-electron chi connectivity index (χ4n) is 3.70. The standard InChI is InChI=1S/C22H25N3O5/c1-25(12-15-11-14-7-5-6-8-17(14)29-15)13-19-23-22(24-30-19)16-9-10-18(26-2)21(28-4)20(16)27-3/h5-10,15H,11-13H2,1-4H3/t15-/m1/s1. The molecule has 0 N–H and O–H groups in total. The summed E-state index contributed by atoms with van der Waals surface area (Å²) in [6.07, 6.45) is 1.01. The van der Waals surface area contributed by atoms with Gasteiger partial charge in [-0.2, -0.15) is 4.98 Å². The number of benzene rings is 2. The fourth-order valence-corrected chi connectivity index (χ4v) is 3.70. The van der Waals surface area contributed by atoms with E-state index < -0.39 is 0 Å². The van der Waals surface area contributed by atoms with Gasteiger partial charge in [0.15, 0.2) is 11.5 Å². The van der Waals surface area contributed by atoms with Crippen molar-refractivity contribution in [3.63, 3.8) is 0 Å². The molecule has 2 heterocycles.